The van der Waals surface area contributed by atoms with Crippen LogP contribution in [0.25, 0.3) is 0 Å². The largest absolute Gasteiger partial charge is 0.353 e. The summed E-state index contributed by atoms with van der Waals surface area (Å²) in [4.78, 5) is 39.4. The topological polar surface area (TPSA) is 78.5 Å². The normalized spacial score (nSPS) is 17.4. The zero-order valence-corrected chi connectivity index (χ0v) is 17.7. The number of nitrogens with one attached hydrogen (secondary N) is 2. The highest BCUT2D eigenvalue weighted by molar-refractivity contribution is 6.04. The van der Waals surface area contributed by atoms with Crippen molar-refractivity contribution < 1.29 is 14.4 Å². The summed E-state index contributed by atoms with van der Waals surface area (Å²) >= 11 is 0. The molecule has 1 saturated heterocycles. The van der Waals surface area contributed by atoms with Gasteiger partial charge in [0.2, 0.25) is 5.91 Å². The first kappa shape index (κ1) is 21.1. The lowest BCUT2D eigenvalue weighted by Crippen LogP contribution is -2.44. The number of piperidine rings is 1. The second-order valence-corrected chi connectivity index (χ2v) is 8.45. The van der Waals surface area contributed by atoms with Crippen LogP contribution >= 0.6 is 0 Å². The van der Waals surface area contributed by atoms with Crippen molar-refractivity contribution in [2.24, 2.45) is 5.92 Å². The predicted molar refractivity (Wildman–Crippen MR) is 120 cm³/mol. The SMILES string of the molecule is O=C(Nc1ccc(C(=O)N2CCC(C(=O)NC3CCCC3)CC2)cc1)c1ccccc1. The van der Waals surface area contributed by atoms with Crippen LogP contribution in [0.5, 0.6) is 0 Å². The van der Waals surface area contributed by atoms with E-state index >= 15 is 0 Å². The summed E-state index contributed by atoms with van der Waals surface area (Å²) in [7, 11) is 0. The molecule has 2 aromatic rings. The van der Waals surface area contributed by atoms with Gasteiger partial charge in [-0.25, -0.2) is 0 Å². The number of amides is 3. The van der Waals surface area contributed by atoms with Crippen LogP contribution in [0, 0.1) is 5.92 Å². The zero-order chi connectivity index (χ0) is 21.6. The fraction of sp³-hybridized carbons (Fsp3) is 0.400. The van der Waals surface area contributed by atoms with Gasteiger partial charge in [-0.1, -0.05) is 31.0 Å². The Morgan fingerprint density at radius 1 is 0.774 bits per heavy atom. The number of carbonyl (C=O) groups is 3. The first-order chi connectivity index (χ1) is 15.1. The Kier molecular flexibility index (Phi) is 6.65. The second kappa shape index (κ2) is 9.77. The van der Waals surface area contributed by atoms with Crippen LogP contribution in [0.3, 0.4) is 0 Å². The number of nitrogens with zero attached hydrogens (tertiary/aromatic N) is 1. The van der Waals surface area contributed by atoms with E-state index in [2.05, 4.69) is 10.6 Å². The van der Waals surface area contributed by atoms with E-state index in [4.69, 9.17) is 0 Å². The standard InChI is InChI=1S/C25H29N3O3/c29-23(18-6-2-1-3-7-18)27-22-12-10-20(11-13-22)25(31)28-16-14-19(15-17-28)24(30)26-21-8-4-5-9-21/h1-3,6-7,10-13,19,21H,4-5,8-9,14-17H2,(H,26,30)(H,27,29). The molecule has 2 fully saturated rings. The Hall–Kier alpha value is -3.15. The van der Waals surface area contributed by atoms with E-state index in [1.165, 1.54) is 12.8 Å². The van der Waals surface area contributed by atoms with Crippen LogP contribution in [0.15, 0.2) is 54.6 Å². The minimum absolute atomic E-state index is 0.000208. The van der Waals surface area contributed by atoms with E-state index in [9.17, 15) is 14.4 Å². The summed E-state index contributed by atoms with van der Waals surface area (Å²) in [6.45, 7) is 1.18. The molecule has 0 unspecified atom stereocenters. The molecule has 0 spiro atoms. The summed E-state index contributed by atoms with van der Waals surface area (Å²) in [6.07, 6.45) is 5.99. The average molecular weight is 420 g/mol. The molecule has 1 aliphatic carbocycles. The molecule has 0 bridgehead atoms. The van der Waals surface area contributed by atoms with Crippen molar-refractivity contribution in [1.29, 1.82) is 0 Å². The van der Waals surface area contributed by atoms with E-state index in [1.54, 1.807) is 36.4 Å². The van der Waals surface area contributed by atoms with Crippen LogP contribution < -0.4 is 10.6 Å². The summed E-state index contributed by atoms with van der Waals surface area (Å²) in [6, 6.07) is 16.3. The lowest BCUT2D eigenvalue weighted by molar-refractivity contribution is -0.127. The first-order valence-electron chi connectivity index (χ1n) is 11.2. The molecule has 6 nitrogen and oxygen atoms in total. The molecule has 162 valence electrons. The summed E-state index contributed by atoms with van der Waals surface area (Å²) in [5.74, 6) is -0.0639. The van der Waals surface area contributed by atoms with Crippen LogP contribution in [-0.4, -0.2) is 41.8 Å². The fourth-order valence-corrected chi connectivity index (χ4v) is 4.41. The molecule has 1 heterocycles. The maximum absolute atomic E-state index is 12.8. The zero-order valence-electron chi connectivity index (χ0n) is 17.7. The van der Waals surface area contributed by atoms with Crippen molar-refractivity contribution in [3.05, 3.63) is 65.7 Å². The number of carbonyl (C=O) groups excluding carboxylic acids is 3. The third-order valence-corrected chi connectivity index (χ3v) is 6.28. The minimum Gasteiger partial charge on any atom is -0.353 e. The van der Waals surface area contributed by atoms with Crippen LogP contribution in [-0.2, 0) is 4.79 Å². The third-order valence-electron chi connectivity index (χ3n) is 6.28. The van der Waals surface area contributed by atoms with E-state index in [1.807, 2.05) is 23.1 Å². The molecule has 2 aromatic carbocycles. The van der Waals surface area contributed by atoms with E-state index in [-0.39, 0.29) is 23.6 Å². The van der Waals surface area contributed by atoms with Gasteiger partial charge in [-0.15, -0.1) is 0 Å². The van der Waals surface area contributed by atoms with Gasteiger partial charge in [-0.05, 0) is 62.1 Å². The highest BCUT2D eigenvalue weighted by Crippen LogP contribution is 2.23. The Morgan fingerprint density at radius 2 is 1.42 bits per heavy atom. The summed E-state index contributed by atoms with van der Waals surface area (Å²) in [5.41, 5.74) is 1.82. The van der Waals surface area contributed by atoms with Crippen molar-refractivity contribution in [2.45, 2.75) is 44.6 Å². The maximum atomic E-state index is 12.8. The van der Waals surface area contributed by atoms with Gasteiger partial charge in [0.15, 0.2) is 0 Å². The van der Waals surface area contributed by atoms with Gasteiger partial charge in [0, 0.05) is 41.9 Å². The van der Waals surface area contributed by atoms with Gasteiger partial charge in [-0.3, -0.25) is 14.4 Å². The number of anilines is 1. The molecule has 0 radical (unpaired) electrons. The maximum Gasteiger partial charge on any atom is 0.255 e. The van der Waals surface area contributed by atoms with Crippen molar-refractivity contribution in [3.8, 4) is 0 Å². The molecule has 2 aliphatic rings. The molecule has 4 rings (SSSR count). The third kappa shape index (κ3) is 5.32. The highest BCUT2D eigenvalue weighted by Gasteiger charge is 2.29. The van der Waals surface area contributed by atoms with Gasteiger partial charge >= 0.3 is 0 Å². The first-order valence-corrected chi connectivity index (χ1v) is 11.2. The number of benzene rings is 2. The molecule has 0 aromatic heterocycles. The van der Waals surface area contributed by atoms with Gasteiger partial charge in [-0.2, -0.15) is 0 Å². The molecular weight excluding hydrogens is 390 g/mol. The van der Waals surface area contributed by atoms with E-state index in [0.717, 1.165) is 12.8 Å². The molecule has 31 heavy (non-hydrogen) atoms. The Balaban J connectivity index is 1.28. The lowest BCUT2D eigenvalue weighted by Gasteiger charge is -2.32. The molecule has 3 amide bonds. The average Bonchev–Trinajstić information content (AvgIpc) is 3.33. The monoisotopic (exact) mass is 419 g/mol. The molecule has 1 aliphatic heterocycles. The van der Waals surface area contributed by atoms with E-state index in [0.29, 0.717) is 48.8 Å². The number of hydrogen-bond donors (Lipinski definition) is 2. The smallest absolute Gasteiger partial charge is 0.255 e. The summed E-state index contributed by atoms with van der Waals surface area (Å²) in [5, 5.41) is 6.02. The molecule has 1 saturated carbocycles. The Labute approximate surface area is 183 Å². The molecule has 0 atom stereocenters. The molecular formula is C25H29N3O3. The number of rotatable bonds is 5. The van der Waals surface area contributed by atoms with Crippen molar-refractivity contribution in [1.82, 2.24) is 10.2 Å². The predicted octanol–water partition coefficient (Wildman–Crippen LogP) is 3.85. The van der Waals surface area contributed by atoms with E-state index < -0.39 is 0 Å². The highest BCUT2D eigenvalue weighted by atomic mass is 16.2. The number of likely N-dealkylation sites (tertiary alicyclic amines) is 1. The van der Waals surface area contributed by atoms with Gasteiger partial charge in [0.05, 0.1) is 0 Å². The quantitative estimate of drug-likeness (QED) is 0.773. The fourth-order valence-electron chi connectivity index (χ4n) is 4.41. The minimum atomic E-state index is -0.183. The Morgan fingerprint density at radius 3 is 2.06 bits per heavy atom. The molecule has 6 heteroatoms. The van der Waals surface area contributed by atoms with Crippen LogP contribution in [0.1, 0.15) is 59.2 Å². The van der Waals surface area contributed by atoms with Gasteiger partial charge in [0.1, 0.15) is 0 Å². The molecule has 2 N–H and O–H groups in total. The van der Waals surface area contributed by atoms with Crippen molar-refractivity contribution >= 4 is 23.4 Å². The van der Waals surface area contributed by atoms with Gasteiger partial charge < -0.3 is 15.5 Å². The second-order valence-electron chi connectivity index (χ2n) is 8.45. The lowest BCUT2D eigenvalue weighted by atomic mass is 9.95. The van der Waals surface area contributed by atoms with Crippen molar-refractivity contribution in [2.75, 3.05) is 18.4 Å². The summed E-state index contributed by atoms with van der Waals surface area (Å²) < 4.78 is 0. The Bertz CT molecular complexity index is 913. The van der Waals surface area contributed by atoms with Crippen molar-refractivity contribution in [3.63, 3.8) is 0 Å². The number of hydrogen-bond acceptors (Lipinski definition) is 3. The van der Waals surface area contributed by atoms with Crippen LogP contribution in [0.4, 0.5) is 5.69 Å². The van der Waals surface area contributed by atoms with Gasteiger partial charge in [0.25, 0.3) is 11.8 Å². The van der Waals surface area contributed by atoms with Crippen LogP contribution in [0.2, 0.25) is 0 Å².